The van der Waals surface area contributed by atoms with Crippen LogP contribution < -0.4 is 10.1 Å². The van der Waals surface area contributed by atoms with Gasteiger partial charge in [-0.2, -0.15) is 0 Å². The minimum absolute atomic E-state index is 0.0220. The molecular formula is C25H23N5O4S. The summed E-state index contributed by atoms with van der Waals surface area (Å²) in [4.78, 5) is 23.1. The number of aryl methyl sites for hydroxylation is 2. The number of benzene rings is 3. The summed E-state index contributed by atoms with van der Waals surface area (Å²) >= 11 is 1.24. The molecule has 4 aromatic rings. The van der Waals surface area contributed by atoms with Crippen molar-refractivity contribution in [2.24, 2.45) is 0 Å². The molecule has 0 unspecified atom stereocenters. The lowest BCUT2D eigenvalue weighted by atomic mass is 10.2. The Bertz CT molecular complexity index is 1360. The topological polar surface area (TPSA) is 112 Å². The Hall–Kier alpha value is -4.18. The molecule has 1 heterocycles. The molecule has 0 aliphatic carbocycles. The van der Waals surface area contributed by atoms with Crippen LogP contribution in [0.3, 0.4) is 0 Å². The van der Waals surface area contributed by atoms with Gasteiger partial charge in [0.15, 0.2) is 11.0 Å². The smallest absolute Gasteiger partial charge is 0.269 e. The lowest BCUT2D eigenvalue weighted by Crippen LogP contribution is -2.15. The van der Waals surface area contributed by atoms with Crippen LogP contribution in [0.15, 0.2) is 78.0 Å². The number of nitrogens with one attached hydrogen (secondary N) is 1. The van der Waals surface area contributed by atoms with Gasteiger partial charge < -0.3 is 10.1 Å². The summed E-state index contributed by atoms with van der Waals surface area (Å²) in [5.74, 6) is 1.17. The number of rotatable bonds is 9. The van der Waals surface area contributed by atoms with Gasteiger partial charge in [-0.1, -0.05) is 42.1 Å². The second-order valence-corrected chi connectivity index (χ2v) is 8.71. The van der Waals surface area contributed by atoms with Crippen molar-refractivity contribution >= 4 is 29.0 Å². The number of hydrogen-bond acceptors (Lipinski definition) is 7. The van der Waals surface area contributed by atoms with E-state index in [0.29, 0.717) is 22.2 Å². The number of amides is 1. The van der Waals surface area contributed by atoms with Crippen molar-refractivity contribution in [3.8, 4) is 11.4 Å². The van der Waals surface area contributed by atoms with E-state index in [1.165, 1.54) is 30.0 Å². The molecule has 0 aliphatic heterocycles. The van der Waals surface area contributed by atoms with E-state index >= 15 is 0 Å². The first-order valence-electron chi connectivity index (χ1n) is 10.8. The van der Waals surface area contributed by atoms with Gasteiger partial charge in [-0.3, -0.25) is 19.5 Å². The maximum absolute atomic E-state index is 12.6. The molecule has 0 saturated heterocycles. The number of non-ortho nitro benzene ring substituents is 1. The zero-order chi connectivity index (χ0) is 24.8. The number of carbonyl (C=O) groups is 1. The fraction of sp³-hybridized carbons (Fsp3) is 0.160. The number of nitrogens with zero attached hydrogens (tertiary/aromatic N) is 4. The molecule has 1 N–H and O–H groups in total. The third-order valence-corrected chi connectivity index (χ3v) is 6.03. The third kappa shape index (κ3) is 6.04. The van der Waals surface area contributed by atoms with E-state index in [0.717, 1.165) is 17.0 Å². The van der Waals surface area contributed by atoms with Crippen molar-refractivity contribution < 1.29 is 14.5 Å². The number of ether oxygens (including phenoxy) is 1. The molecule has 10 heteroatoms. The maximum Gasteiger partial charge on any atom is 0.269 e. The Balaban J connectivity index is 1.48. The number of hydrogen-bond donors (Lipinski definition) is 1. The van der Waals surface area contributed by atoms with Gasteiger partial charge in [0.1, 0.15) is 12.4 Å². The zero-order valence-corrected chi connectivity index (χ0v) is 20.0. The fourth-order valence-corrected chi connectivity index (χ4v) is 4.17. The van der Waals surface area contributed by atoms with E-state index < -0.39 is 4.92 Å². The third-order valence-electron chi connectivity index (χ3n) is 5.10. The SMILES string of the molecule is Cc1cccc(OCc2nnc(SCC(=O)Nc3ccc([N+](=O)[O-])cc3C)n2-c2ccccc2)c1. The van der Waals surface area contributed by atoms with Crippen LogP contribution in [0.25, 0.3) is 5.69 Å². The monoisotopic (exact) mass is 489 g/mol. The highest BCUT2D eigenvalue weighted by atomic mass is 32.2. The van der Waals surface area contributed by atoms with Crippen LogP contribution in [0.4, 0.5) is 11.4 Å². The van der Waals surface area contributed by atoms with E-state index in [1.54, 1.807) is 6.92 Å². The number of thioether (sulfide) groups is 1. The standard InChI is InChI=1S/C25H23N5O4S/c1-17-7-6-10-21(13-17)34-15-23-27-28-25(29(23)19-8-4-3-5-9-19)35-16-24(31)26-22-12-11-20(30(32)33)14-18(22)2/h3-14H,15-16H2,1-2H3,(H,26,31). The van der Waals surface area contributed by atoms with Crippen LogP contribution in [0.1, 0.15) is 17.0 Å². The largest absolute Gasteiger partial charge is 0.486 e. The summed E-state index contributed by atoms with van der Waals surface area (Å²) in [6, 6.07) is 21.7. The first-order chi connectivity index (χ1) is 16.9. The summed E-state index contributed by atoms with van der Waals surface area (Å²) in [7, 11) is 0. The predicted octanol–water partition coefficient (Wildman–Crippen LogP) is 5.10. The van der Waals surface area contributed by atoms with Crippen LogP contribution in [-0.2, 0) is 11.4 Å². The number of aromatic nitrogens is 3. The summed E-state index contributed by atoms with van der Waals surface area (Å²) in [5.41, 5.74) is 3.07. The van der Waals surface area contributed by atoms with Crippen molar-refractivity contribution in [1.29, 1.82) is 0 Å². The van der Waals surface area contributed by atoms with Crippen molar-refractivity contribution in [3.05, 3.63) is 99.9 Å². The lowest BCUT2D eigenvalue weighted by Gasteiger charge is -2.12. The Morgan fingerprint density at radius 3 is 2.57 bits per heavy atom. The quantitative estimate of drug-likeness (QED) is 0.198. The highest BCUT2D eigenvalue weighted by Crippen LogP contribution is 2.25. The van der Waals surface area contributed by atoms with Gasteiger partial charge in [0.05, 0.1) is 10.7 Å². The van der Waals surface area contributed by atoms with E-state index in [2.05, 4.69) is 15.5 Å². The second-order valence-electron chi connectivity index (χ2n) is 7.77. The van der Waals surface area contributed by atoms with Gasteiger partial charge in [-0.25, -0.2) is 0 Å². The first kappa shape index (κ1) is 24.0. The minimum Gasteiger partial charge on any atom is -0.486 e. The zero-order valence-electron chi connectivity index (χ0n) is 19.2. The number of nitro groups is 1. The van der Waals surface area contributed by atoms with Gasteiger partial charge in [0.2, 0.25) is 5.91 Å². The first-order valence-corrected chi connectivity index (χ1v) is 11.8. The molecule has 0 bridgehead atoms. The molecule has 0 saturated carbocycles. The summed E-state index contributed by atoms with van der Waals surface area (Å²) in [5, 5.41) is 22.9. The number of nitro benzene ring substituents is 1. The molecule has 0 spiro atoms. The molecule has 0 fully saturated rings. The summed E-state index contributed by atoms with van der Waals surface area (Å²) in [6.45, 7) is 3.92. The highest BCUT2D eigenvalue weighted by Gasteiger charge is 2.17. The molecule has 0 radical (unpaired) electrons. The molecular weight excluding hydrogens is 466 g/mol. The van der Waals surface area contributed by atoms with Crippen LogP contribution in [-0.4, -0.2) is 31.3 Å². The van der Waals surface area contributed by atoms with Crippen molar-refractivity contribution in [2.45, 2.75) is 25.6 Å². The molecule has 1 amide bonds. The van der Waals surface area contributed by atoms with E-state index in [1.807, 2.05) is 66.1 Å². The Morgan fingerprint density at radius 1 is 1.06 bits per heavy atom. The fourth-order valence-electron chi connectivity index (χ4n) is 3.39. The molecule has 1 aromatic heterocycles. The van der Waals surface area contributed by atoms with E-state index in [9.17, 15) is 14.9 Å². The van der Waals surface area contributed by atoms with Crippen molar-refractivity contribution in [1.82, 2.24) is 14.8 Å². The van der Waals surface area contributed by atoms with E-state index in [4.69, 9.17) is 4.74 Å². The molecule has 178 valence electrons. The Morgan fingerprint density at radius 2 is 1.86 bits per heavy atom. The van der Waals surface area contributed by atoms with Gasteiger partial charge in [0.25, 0.3) is 5.69 Å². The average molecular weight is 490 g/mol. The summed E-state index contributed by atoms with van der Waals surface area (Å²) < 4.78 is 7.80. The molecule has 9 nitrogen and oxygen atoms in total. The van der Waals surface area contributed by atoms with Crippen LogP contribution in [0.2, 0.25) is 0 Å². The maximum atomic E-state index is 12.6. The van der Waals surface area contributed by atoms with Crippen LogP contribution in [0, 0.1) is 24.0 Å². The van der Waals surface area contributed by atoms with Crippen molar-refractivity contribution in [3.63, 3.8) is 0 Å². The molecule has 3 aromatic carbocycles. The lowest BCUT2D eigenvalue weighted by molar-refractivity contribution is -0.384. The molecule has 35 heavy (non-hydrogen) atoms. The van der Waals surface area contributed by atoms with Gasteiger partial charge in [0, 0.05) is 23.5 Å². The van der Waals surface area contributed by atoms with Gasteiger partial charge in [-0.15, -0.1) is 10.2 Å². The minimum atomic E-state index is -0.467. The van der Waals surface area contributed by atoms with Crippen LogP contribution >= 0.6 is 11.8 Å². The predicted molar refractivity (Wildman–Crippen MR) is 134 cm³/mol. The normalized spacial score (nSPS) is 10.7. The van der Waals surface area contributed by atoms with Crippen LogP contribution in [0.5, 0.6) is 5.75 Å². The van der Waals surface area contributed by atoms with E-state index in [-0.39, 0.29) is 24.0 Å². The number of anilines is 1. The van der Waals surface area contributed by atoms with Crippen molar-refractivity contribution in [2.75, 3.05) is 11.1 Å². The average Bonchev–Trinajstić information content (AvgIpc) is 3.26. The second kappa shape index (κ2) is 10.8. The number of carbonyl (C=O) groups excluding carboxylic acids is 1. The van der Waals surface area contributed by atoms with Gasteiger partial charge in [-0.05, 0) is 55.3 Å². The Labute approximate surface area is 206 Å². The number of para-hydroxylation sites is 1. The summed E-state index contributed by atoms with van der Waals surface area (Å²) in [6.07, 6.45) is 0. The molecule has 4 rings (SSSR count). The highest BCUT2D eigenvalue weighted by molar-refractivity contribution is 7.99. The Kier molecular flexibility index (Phi) is 7.41. The molecule has 0 aliphatic rings. The molecule has 0 atom stereocenters. The van der Waals surface area contributed by atoms with Gasteiger partial charge >= 0.3 is 0 Å².